The predicted octanol–water partition coefficient (Wildman–Crippen LogP) is 3.63. The number of carbonyl (C=O) groups excluding carboxylic acids is 1. The lowest BCUT2D eigenvalue weighted by molar-refractivity contribution is -0.119. The van der Waals surface area contributed by atoms with Gasteiger partial charge in [0.05, 0.1) is 18.3 Å². The number of amides is 1. The fourth-order valence-corrected chi connectivity index (χ4v) is 2.37. The van der Waals surface area contributed by atoms with E-state index in [0.29, 0.717) is 6.54 Å². The number of carbonyl (C=O) groups is 1. The lowest BCUT2D eigenvalue weighted by Crippen LogP contribution is -2.30. The molecule has 0 aromatic heterocycles. The largest absolute Gasteiger partial charge is 0.489 e. The molecule has 0 aliphatic carbocycles. The van der Waals surface area contributed by atoms with E-state index in [4.69, 9.17) is 4.74 Å². The molecule has 1 amide bonds. The fraction of sp³-hybridized carbons (Fsp3) is 0.350. The van der Waals surface area contributed by atoms with Gasteiger partial charge in [0.15, 0.2) is 0 Å². The second-order valence-corrected chi connectivity index (χ2v) is 5.96. The van der Waals surface area contributed by atoms with Crippen LogP contribution in [0.25, 0.3) is 0 Å². The molecule has 4 nitrogen and oxygen atoms in total. The van der Waals surface area contributed by atoms with Crippen molar-refractivity contribution in [2.45, 2.75) is 32.8 Å². The van der Waals surface area contributed by atoms with Gasteiger partial charge in [0.25, 0.3) is 0 Å². The molecule has 2 N–H and O–H groups in total. The number of para-hydroxylation sites is 2. The molecule has 0 radical (unpaired) electrons. The lowest BCUT2D eigenvalue weighted by atomic mass is 10.1. The van der Waals surface area contributed by atoms with E-state index in [1.807, 2.05) is 56.3 Å². The minimum atomic E-state index is -0.0117. The predicted molar refractivity (Wildman–Crippen MR) is 98.5 cm³/mol. The first-order valence-electron chi connectivity index (χ1n) is 8.45. The van der Waals surface area contributed by atoms with E-state index in [2.05, 4.69) is 22.8 Å². The van der Waals surface area contributed by atoms with Crippen molar-refractivity contribution in [1.82, 2.24) is 5.32 Å². The molecule has 0 fully saturated rings. The standard InChI is InChI=1S/C20H26N2O2/c1-16(2)24-19-13-7-6-12-18(19)22-15-20(23)21-14-8-11-17-9-4-3-5-10-17/h3-7,9-10,12-13,16,22H,8,11,14-15H2,1-2H3,(H,21,23). The molecule has 0 saturated carbocycles. The number of ether oxygens (including phenoxy) is 1. The Morgan fingerprint density at radius 1 is 1.04 bits per heavy atom. The summed E-state index contributed by atoms with van der Waals surface area (Å²) < 4.78 is 5.73. The van der Waals surface area contributed by atoms with Crippen LogP contribution in [0.3, 0.4) is 0 Å². The molecule has 0 aliphatic rings. The minimum Gasteiger partial charge on any atom is -0.489 e. The highest BCUT2D eigenvalue weighted by Gasteiger charge is 2.06. The third-order valence-electron chi connectivity index (χ3n) is 3.50. The van der Waals surface area contributed by atoms with Gasteiger partial charge in [-0.1, -0.05) is 42.5 Å². The summed E-state index contributed by atoms with van der Waals surface area (Å²) in [6.07, 6.45) is 2.00. The van der Waals surface area contributed by atoms with Gasteiger partial charge in [-0.25, -0.2) is 0 Å². The topological polar surface area (TPSA) is 50.4 Å². The van der Waals surface area contributed by atoms with Crippen LogP contribution in [0.4, 0.5) is 5.69 Å². The minimum absolute atomic E-state index is 0.0117. The van der Waals surface area contributed by atoms with Crippen LogP contribution in [0.15, 0.2) is 54.6 Å². The van der Waals surface area contributed by atoms with Gasteiger partial charge in [0.1, 0.15) is 5.75 Å². The van der Waals surface area contributed by atoms with Crippen LogP contribution < -0.4 is 15.4 Å². The SMILES string of the molecule is CC(C)Oc1ccccc1NCC(=O)NCCCc1ccccc1. The van der Waals surface area contributed by atoms with Crippen molar-refractivity contribution in [3.05, 3.63) is 60.2 Å². The van der Waals surface area contributed by atoms with Crippen LogP contribution in [-0.2, 0) is 11.2 Å². The quantitative estimate of drug-likeness (QED) is 0.692. The highest BCUT2D eigenvalue weighted by molar-refractivity contribution is 5.81. The molecule has 2 aromatic carbocycles. The third kappa shape index (κ3) is 6.32. The summed E-state index contributed by atoms with van der Waals surface area (Å²) in [6.45, 7) is 4.88. The number of rotatable bonds is 9. The van der Waals surface area contributed by atoms with Crippen LogP contribution in [0.5, 0.6) is 5.75 Å². The summed E-state index contributed by atoms with van der Waals surface area (Å²) in [6, 6.07) is 18.0. The van der Waals surface area contributed by atoms with Crippen molar-refractivity contribution in [2.75, 3.05) is 18.4 Å². The monoisotopic (exact) mass is 326 g/mol. The van der Waals surface area contributed by atoms with Crippen LogP contribution in [0.2, 0.25) is 0 Å². The molecule has 24 heavy (non-hydrogen) atoms. The molecule has 0 atom stereocenters. The van der Waals surface area contributed by atoms with Crippen LogP contribution in [0, 0.1) is 0 Å². The Balaban J connectivity index is 1.70. The zero-order chi connectivity index (χ0) is 17.2. The smallest absolute Gasteiger partial charge is 0.239 e. The highest BCUT2D eigenvalue weighted by Crippen LogP contribution is 2.24. The first kappa shape index (κ1) is 17.9. The molecule has 4 heteroatoms. The van der Waals surface area contributed by atoms with Crippen molar-refractivity contribution >= 4 is 11.6 Å². The Hall–Kier alpha value is -2.49. The number of benzene rings is 2. The van der Waals surface area contributed by atoms with Crippen LogP contribution in [-0.4, -0.2) is 25.1 Å². The highest BCUT2D eigenvalue weighted by atomic mass is 16.5. The summed E-state index contributed by atoms with van der Waals surface area (Å²) in [5.41, 5.74) is 2.13. The molecular formula is C20H26N2O2. The van der Waals surface area contributed by atoms with Crippen LogP contribution >= 0.6 is 0 Å². The molecule has 0 heterocycles. The van der Waals surface area contributed by atoms with E-state index >= 15 is 0 Å². The summed E-state index contributed by atoms with van der Waals surface area (Å²) >= 11 is 0. The summed E-state index contributed by atoms with van der Waals surface area (Å²) in [5, 5.41) is 6.08. The molecule has 0 bridgehead atoms. The first-order chi connectivity index (χ1) is 11.6. The third-order valence-corrected chi connectivity index (χ3v) is 3.50. The van der Waals surface area contributed by atoms with E-state index in [-0.39, 0.29) is 18.6 Å². The number of nitrogens with one attached hydrogen (secondary N) is 2. The fourth-order valence-electron chi connectivity index (χ4n) is 2.37. The van der Waals surface area contributed by atoms with Crippen molar-refractivity contribution in [1.29, 1.82) is 0 Å². The van der Waals surface area contributed by atoms with Crippen molar-refractivity contribution in [3.8, 4) is 5.75 Å². The summed E-state index contributed by atoms with van der Waals surface area (Å²) in [5.74, 6) is 0.756. The van der Waals surface area contributed by atoms with Gasteiger partial charge < -0.3 is 15.4 Å². The Labute approximate surface area is 144 Å². The number of anilines is 1. The Kier molecular flexibility index (Phi) is 7.15. The average molecular weight is 326 g/mol. The zero-order valence-corrected chi connectivity index (χ0v) is 14.4. The van der Waals surface area contributed by atoms with Crippen LogP contribution in [0.1, 0.15) is 25.8 Å². The van der Waals surface area contributed by atoms with E-state index in [9.17, 15) is 4.79 Å². The molecule has 0 spiro atoms. The van der Waals surface area contributed by atoms with Crippen molar-refractivity contribution < 1.29 is 9.53 Å². The molecule has 0 saturated heterocycles. The van der Waals surface area contributed by atoms with Crippen molar-refractivity contribution in [3.63, 3.8) is 0 Å². The Morgan fingerprint density at radius 3 is 2.50 bits per heavy atom. The Bertz CT molecular complexity index is 627. The van der Waals surface area contributed by atoms with Gasteiger partial charge in [0, 0.05) is 6.54 Å². The summed E-state index contributed by atoms with van der Waals surface area (Å²) in [7, 11) is 0. The van der Waals surface area contributed by atoms with Gasteiger partial charge >= 0.3 is 0 Å². The van der Waals surface area contributed by atoms with Gasteiger partial charge in [-0.05, 0) is 44.4 Å². The first-order valence-corrected chi connectivity index (χ1v) is 8.45. The molecule has 2 aromatic rings. The van der Waals surface area contributed by atoms with E-state index in [0.717, 1.165) is 24.3 Å². The Morgan fingerprint density at radius 2 is 1.75 bits per heavy atom. The van der Waals surface area contributed by atoms with Gasteiger partial charge in [-0.3, -0.25) is 4.79 Å². The maximum absolute atomic E-state index is 11.9. The maximum atomic E-state index is 11.9. The second kappa shape index (κ2) is 9.60. The second-order valence-electron chi connectivity index (χ2n) is 5.96. The zero-order valence-electron chi connectivity index (χ0n) is 14.4. The molecule has 0 unspecified atom stereocenters. The maximum Gasteiger partial charge on any atom is 0.239 e. The van der Waals surface area contributed by atoms with Gasteiger partial charge in [-0.15, -0.1) is 0 Å². The number of aryl methyl sites for hydroxylation is 1. The number of hydrogen-bond acceptors (Lipinski definition) is 3. The van der Waals surface area contributed by atoms with Gasteiger partial charge in [0.2, 0.25) is 5.91 Å². The van der Waals surface area contributed by atoms with E-state index < -0.39 is 0 Å². The van der Waals surface area contributed by atoms with E-state index in [1.54, 1.807) is 0 Å². The normalized spacial score (nSPS) is 10.5. The summed E-state index contributed by atoms with van der Waals surface area (Å²) in [4.78, 5) is 11.9. The lowest BCUT2D eigenvalue weighted by Gasteiger charge is -2.15. The van der Waals surface area contributed by atoms with Crippen molar-refractivity contribution in [2.24, 2.45) is 0 Å². The molecule has 128 valence electrons. The molecular weight excluding hydrogens is 300 g/mol. The number of hydrogen-bond donors (Lipinski definition) is 2. The molecule has 2 rings (SSSR count). The molecule has 0 aliphatic heterocycles. The average Bonchev–Trinajstić information content (AvgIpc) is 2.58. The van der Waals surface area contributed by atoms with Gasteiger partial charge in [-0.2, -0.15) is 0 Å². The van der Waals surface area contributed by atoms with E-state index in [1.165, 1.54) is 5.56 Å².